The highest BCUT2D eigenvalue weighted by atomic mass is 16.1. The number of Topliss-reactive ketones (excluding diaryl/α,β-unsaturated/α-hetero) is 1. The molecule has 0 aromatic carbocycles. The first-order valence-electron chi connectivity index (χ1n) is 9.38. The summed E-state index contributed by atoms with van der Waals surface area (Å²) in [7, 11) is 0. The fourth-order valence-electron chi connectivity index (χ4n) is 5.51. The molecule has 22 heavy (non-hydrogen) atoms. The highest BCUT2D eigenvalue weighted by Crippen LogP contribution is 2.49. The van der Waals surface area contributed by atoms with Crippen molar-refractivity contribution < 1.29 is 4.79 Å². The Kier molecular flexibility index (Phi) is 3.88. The summed E-state index contributed by atoms with van der Waals surface area (Å²) in [6, 6.07) is 0. The first-order valence-corrected chi connectivity index (χ1v) is 9.38. The van der Waals surface area contributed by atoms with Crippen LogP contribution in [0.4, 0.5) is 0 Å². The van der Waals surface area contributed by atoms with Gasteiger partial charge in [0.15, 0.2) is 0 Å². The van der Waals surface area contributed by atoms with Gasteiger partial charge in [0.05, 0.1) is 0 Å². The van der Waals surface area contributed by atoms with Crippen LogP contribution in [0.15, 0.2) is 23.4 Å². The molecule has 3 aliphatic carbocycles. The molecule has 0 N–H and O–H groups in total. The summed E-state index contributed by atoms with van der Waals surface area (Å²) >= 11 is 0. The van der Waals surface area contributed by atoms with Crippen LogP contribution >= 0.6 is 0 Å². The molecular weight excluding hydrogens is 270 g/mol. The molecule has 120 valence electrons. The Labute approximate surface area is 134 Å². The Hall–Kier alpha value is -1.05. The van der Waals surface area contributed by atoms with E-state index in [2.05, 4.69) is 17.1 Å². The van der Waals surface area contributed by atoms with E-state index < -0.39 is 0 Å². The van der Waals surface area contributed by atoms with Crippen molar-refractivity contribution in [1.82, 2.24) is 4.90 Å². The van der Waals surface area contributed by atoms with Gasteiger partial charge in [-0.1, -0.05) is 6.08 Å². The van der Waals surface area contributed by atoms with E-state index in [1.54, 1.807) is 18.2 Å². The number of ketones is 1. The largest absolute Gasteiger partial charge is 0.375 e. The van der Waals surface area contributed by atoms with E-state index in [1.165, 1.54) is 51.6 Å². The van der Waals surface area contributed by atoms with Crippen LogP contribution in [0.3, 0.4) is 0 Å². The third-order valence-corrected chi connectivity index (χ3v) is 6.77. The molecule has 2 fully saturated rings. The summed E-state index contributed by atoms with van der Waals surface area (Å²) < 4.78 is 0. The van der Waals surface area contributed by atoms with Crippen molar-refractivity contribution in [3.63, 3.8) is 0 Å². The van der Waals surface area contributed by atoms with Gasteiger partial charge >= 0.3 is 0 Å². The molecule has 0 aromatic heterocycles. The summed E-state index contributed by atoms with van der Waals surface area (Å²) in [6.45, 7) is 4.34. The van der Waals surface area contributed by atoms with Crippen molar-refractivity contribution in [1.29, 1.82) is 0 Å². The number of rotatable bonds is 2. The lowest BCUT2D eigenvalue weighted by atomic mass is 9.60. The van der Waals surface area contributed by atoms with E-state index >= 15 is 0 Å². The Bertz CT molecular complexity index is 512. The molecule has 0 radical (unpaired) electrons. The minimum absolute atomic E-state index is 0.357. The van der Waals surface area contributed by atoms with E-state index in [9.17, 15) is 4.79 Å². The average Bonchev–Trinajstić information content (AvgIpc) is 3.08. The quantitative estimate of drug-likeness (QED) is 0.756. The monoisotopic (exact) mass is 299 g/mol. The second kappa shape index (κ2) is 5.86. The van der Waals surface area contributed by atoms with Gasteiger partial charge in [-0.25, -0.2) is 0 Å². The third kappa shape index (κ3) is 2.55. The fraction of sp³-hybridized carbons (Fsp3) is 0.750. The van der Waals surface area contributed by atoms with Crippen molar-refractivity contribution in [3.8, 4) is 0 Å². The fourth-order valence-corrected chi connectivity index (χ4v) is 5.51. The van der Waals surface area contributed by atoms with E-state index in [1.807, 2.05) is 0 Å². The molecule has 0 aromatic rings. The summed E-state index contributed by atoms with van der Waals surface area (Å²) in [6.07, 6.45) is 15.2. The second-order valence-electron chi connectivity index (χ2n) is 7.96. The molecule has 0 amide bonds. The van der Waals surface area contributed by atoms with Crippen LogP contribution in [0.5, 0.6) is 0 Å². The molecule has 1 saturated heterocycles. The molecule has 4 rings (SSSR count). The lowest BCUT2D eigenvalue weighted by molar-refractivity contribution is -0.122. The predicted molar refractivity (Wildman–Crippen MR) is 89.3 cm³/mol. The number of likely N-dealkylation sites (tertiary alicyclic amines) is 1. The highest BCUT2D eigenvalue weighted by Gasteiger charge is 2.40. The van der Waals surface area contributed by atoms with Gasteiger partial charge < -0.3 is 4.90 Å². The predicted octanol–water partition coefficient (Wildman–Crippen LogP) is 4.33. The van der Waals surface area contributed by atoms with Crippen molar-refractivity contribution in [2.24, 2.45) is 23.7 Å². The Morgan fingerprint density at radius 3 is 2.77 bits per heavy atom. The lowest BCUT2D eigenvalue weighted by Crippen LogP contribution is -2.37. The Balaban J connectivity index is 1.51. The maximum atomic E-state index is 11.7. The van der Waals surface area contributed by atoms with Crippen LogP contribution in [-0.4, -0.2) is 23.8 Å². The number of allylic oxidation sites excluding steroid dienone is 4. The van der Waals surface area contributed by atoms with Gasteiger partial charge in [0, 0.05) is 24.7 Å². The zero-order valence-electron chi connectivity index (χ0n) is 13.9. The minimum atomic E-state index is 0.357. The molecule has 4 aliphatic rings. The van der Waals surface area contributed by atoms with Gasteiger partial charge in [0.25, 0.3) is 0 Å². The minimum Gasteiger partial charge on any atom is -0.375 e. The molecule has 1 heterocycles. The number of nitrogens with zero attached hydrogens (tertiary/aromatic N) is 1. The maximum Gasteiger partial charge on any atom is 0.132 e. The van der Waals surface area contributed by atoms with Gasteiger partial charge in [-0.05, 0) is 87.7 Å². The maximum absolute atomic E-state index is 11.7. The second-order valence-corrected chi connectivity index (χ2v) is 7.96. The van der Waals surface area contributed by atoms with E-state index in [0.717, 1.165) is 30.6 Å². The van der Waals surface area contributed by atoms with Gasteiger partial charge in [-0.15, -0.1) is 0 Å². The van der Waals surface area contributed by atoms with Crippen LogP contribution in [-0.2, 0) is 4.79 Å². The van der Waals surface area contributed by atoms with Gasteiger partial charge in [0.2, 0.25) is 0 Å². The topological polar surface area (TPSA) is 20.3 Å². The zero-order valence-corrected chi connectivity index (χ0v) is 13.9. The molecule has 0 bridgehead atoms. The van der Waals surface area contributed by atoms with Crippen molar-refractivity contribution >= 4 is 5.78 Å². The van der Waals surface area contributed by atoms with Gasteiger partial charge in [0.1, 0.15) is 5.78 Å². The molecule has 4 atom stereocenters. The van der Waals surface area contributed by atoms with Gasteiger partial charge in [-0.3, -0.25) is 4.79 Å². The molecular formula is C20H29NO. The number of carbonyl (C=O) groups is 1. The van der Waals surface area contributed by atoms with E-state index in [-0.39, 0.29) is 0 Å². The number of fused-ring (bicyclic) bond motifs is 3. The standard InChI is InChI=1S/C20H29NO/c1-14(22)15-6-8-19-16(12-15)4-5-17-13-18(7-9-20(17)19)21-10-2-3-11-21/h5,13,15-16,19-20H,2-4,6-12H2,1H3. The molecule has 4 unspecified atom stereocenters. The van der Waals surface area contributed by atoms with E-state index in [0.29, 0.717) is 11.7 Å². The number of hydrogen-bond donors (Lipinski definition) is 0. The molecule has 1 aliphatic heterocycles. The first kappa shape index (κ1) is 14.5. The first-order chi connectivity index (χ1) is 10.7. The van der Waals surface area contributed by atoms with Gasteiger partial charge in [-0.2, -0.15) is 0 Å². The summed E-state index contributed by atoms with van der Waals surface area (Å²) in [5.74, 6) is 3.20. The van der Waals surface area contributed by atoms with Crippen molar-refractivity contribution in [2.45, 2.75) is 58.3 Å². The zero-order chi connectivity index (χ0) is 15.1. The number of hydrogen-bond acceptors (Lipinski definition) is 2. The van der Waals surface area contributed by atoms with Crippen molar-refractivity contribution in [2.75, 3.05) is 13.1 Å². The van der Waals surface area contributed by atoms with Crippen LogP contribution in [0.25, 0.3) is 0 Å². The smallest absolute Gasteiger partial charge is 0.132 e. The van der Waals surface area contributed by atoms with Crippen LogP contribution in [0.1, 0.15) is 58.3 Å². The summed E-state index contributed by atoms with van der Waals surface area (Å²) in [5.41, 5.74) is 3.24. The summed E-state index contributed by atoms with van der Waals surface area (Å²) in [4.78, 5) is 14.3. The average molecular weight is 299 g/mol. The van der Waals surface area contributed by atoms with Crippen molar-refractivity contribution in [3.05, 3.63) is 23.4 Å². The highest BCUT2D eigenvalue weighted by molar-refractivity contribution is 5.78. The van der Waals surface area contributed by atoms with Crippen LogP contribution < -0.4 is 0 Å². The van der Waals surface area contributed by atoms with E-state index in [4.69, 9.17) is 0 Å². The summed E-state index contributed by atoms with van der Waals surface area (Å²) in [5, 5.41) is 0. The van der Waals surface area contributed by atoms with Crippen LogP contribution in [0, 0.1) is 23.7 Å². The molecule has 1 saturated carbocycles. The Morgan fingerprint density at radius 1 is 1.18 bits per heavy atom. The molecule has 2 heteroatoms. The van der Waals surface area contributed by atoms with Crippen LogP contribution in [0.2, 0.25) is 0 Å². The molecule has 2 nitrogen and oxygen atoms in total. The number of carbonyl (C=O) groups excluding carboxylic acids is 1. The Morgan fingerprint density at radius 2 is 2.00 bits per heavy atom. The SMILES string of the molecule is CC(=O)C1CCC2C(CC=C3C=C(N4CCCC4)CCC32)C1. The normalized spacial score (nSPS) is 38.0. The molecule has 0 spiro atoms. The third-order valence-electron chi connectivity index (χ3n) is 6.77. The lowest BCUT2D eigenvalue weighted by Gasteiger charge is -2.45.